The summed E-state index contributed by atoms with van der Waals surface area (Å²) in [5.74, 6) is -0.892. The number of carbonyl (C=O) groups excluding carboxylic acids is 3. The fraction of sp³-hybridized carbons (Fsp3) is 0.167. The molecule has 0 saturated heterocycles. The number of Topliss-reactive ketones (excluding diaryl/α,β-unsaturated/α-hetero) is 1. The van der Waals surface area contributed by atoms with Gasteiger partial charge in [0, 0.05) is 5.56 Å². The van der Waals surface area contributed by atoms with E-state index in [-0.39, 0.29) is 11.5 Å². The lowest BCUT2D eigenvalue weighted by atomic mass is 10.1. The van der Waals surface area contributed by atoms with Crippen LogP contribution in [0, 0.1) is 6.92 Å². The van der Waals surface area contributed by atoms with E-state index in [1.165, 1.54) is 12.1 Å². The SMILES string of the molecule is Cc1cc(C(=O)C(C)SN2C(=O)c3ccccc3C2=O)ccc1O. The molecule has 0 aliphatic carbocycles. The third kappa shape index (κ3) is 2.69. The van der Waals surface area contributed by atoms with Crippen molar-refractivity contribution in [2.24, 2.45) is 0 Å². The van der Waals surface area contributed by atoms with E-state index in [0.717, 1.165) is 16.3 Å². The van der Waals surface area contributed by atoms with Gasteiger partial charge in [0.25, 0.3) is 11.8 Å². The van der Waals surface area contributed by atoms with E-state index in [4.69, 9.17) is 0 Å². The molecule has 0 bridgehead atoms. The highest BCUT2D eigenvalue weighted by atomic mass is 32.2. The Bertz CT molecular complexity index is 827. The zero-order chi connectivity index (χ0) is 17.4. The van der Waals surface area contributed by atoms with Crippen LogP contribution in [0.2, 0.25) is 0 Å². The van der Waals surface area contributed by atoms with Gasteiger partial charge in [-0.25, -0.2) is 4.31 Å². The van der Waals surface area contributed by atoms with Crippen LogP contribution in [0.4, 0.5) is 0 Å². The fourth-order valence-electron chi connectivity index (χ4n) is 2.51. The quantitative estimate of drug-likeness (QED) is 0.525. The second-order valence-electron chi connectivity index (χ2n) is 5.56. The van der Waals surface area contributed by atoms with E-state index in [0.29, 0.717) is 22.3 Å². The van der Waals surface area contributed by atoms with Gasteiger partial charge in [0.05, 0.1) is 16.4 Å². The van der Waals surface area contributed by atoms with E-state index in [9.17, 15) is 19.5 Å². The second-order valence-corrected chi connectivity index (χ2v) is 6.85. The number of carbonyl (C=O) groups is 3. The molecular weight excluding hydrogens is 326 g/mol. The van der Waals surface area contributed by atoms with Gasteiger partial charge < -0.3 is 5.11 Å². The highest BCUT2D eigenvalue weighted by Gasteiger charge is 2.37. The van der Waals surface area contributed by atoms with Crippen LogP contribution in [0.5, 0.6) is 5.75 Å². The summed E-state index contributed by atoms with van der Waals surface area (Å²) in [7, 11) is 0. The van der Waals surface area contributed by atoms with Crippen LogP contribution in [-0.4, -0.2) is 32.3 Å². The first kappa shape index (κ1) is 16.3. The molecule has 1 atom stereocenters. The third-order valence-electron chi connectivity index (χ3n) is 3.87. The first-order valence-electron chi connectivity index (χ1n) is 7.38. The lowest BCUT2D eigenvalue weighted by Crippen LogP contribution is -2.28. The number of amides is 2. The van der Waals surface area contributed by atoms with Crippen molar-refractivity contribution in [3.05, 3.63) is 64.7 Å². The summed E-state index contributed by atoms with van der Waals surface area (Å²) in [6.07, 6.45) is 0. The van der Waals surface area contributed by atoms with E-state index >= 15 is 0 Å². The predicted molar refractivity (Wildman–Crippen MR) is 91.2 cm³/mol. The predicted octanol–water partition coefficient (Wildman–Crippen LogP) is 3.22. The summed E-state index contributed by atoms with van der Waals surface area (Å²) in [5.41, 5.74) is 1.74. The van der Waals surface area contributed by atoms with Crippen LogP contribution < -0.4 is 0 Å². The summed E-state index contributed by atoms with van der Waals surface area (Å²) in [5, 5.41) is 8.93. The second kappa shape index (κ2) is 6.13. The molecule has 5 nitrogen and oxygen atoms in total. The zero-order valence-corrected chi connectivity index (χ0v) is 14.0. The van der Waals surface area contributed by atoms with Crippen molar-refractivity contribution in [2.75, 3.05) is 0 Å². The molecule has 1 unspecified atom stereocenters. The average Bonchev–Trinajstić information content (AvgIpc) is 2.82. The number of imide groups is 1. The molecule has 2 aromatic rings. The first-order chi connectivity index (χ1) is 11.4. The smallest absolute Gasteiger partial charge is 0.271 e. The third-order valence-corrected chi connectivity index (χ3v) is 4.94. The molecule has 24 heavy (non-hydrogen) atoms. The Kier molecular flexibility index (Phi) is 4.15. The Hall–Kier alpha value is -2.60. The van der Waals surface area contributed by atoms with Crippen molar-refractivity contribution in [2.45, 2.75) is 19.1 Å². The van der Waals surface area contributed by atoms with E-state index in [1.54, 1.807) is 44.2 Å². The molecule has 1 N–H and O–H groups in total. The van der Waals surface area contributed by atoms with Crippen LogP contribution in [0.3, 0.4) is 0 Å². The lowest BCUT2D eigenvalue weighted by molar-refractivity contribution is 0.0776. The number of nitrogens with zero attached hydrogens (tertiary/aromatic N) is 1. The molecule has 0 fully saturated rings. The number of hydrogen-bond acceptors (Lipinski definition) is 5. The number of phenols is 1. The Labute approximate surface area is 143 Å². The molecule has 122 valence electrons. The highest BCUT2D eigenvalue weighted by Crippen LogP contribution is 2.31. The summed E-state index contributed by atoms with van der Waals surface area (Å²) in [6, 6.07) is 11.2. The van der Waals surface area contributed by atoms with Gasteiger partial charge in [-0.15, -0.1) is 0 Å². The summed E-state index contributed by atoms with van der Waals surface area (Å²) in [6.45, 7) is 3.35. The van der Waals surface area contributed by atoms with Gasteiger partial charge in [-0.3, -0.25) is 14.4 Å². The molecule has 0 radical (unpaired) electrons. The maximum atomic E-state index is 12.5. The van der Waals surface area contributed by atoms with Crippen LogP contribution in [0.25, 0.3) is 0 Å². The average molecular weight is 341 g/mol. The van der Waals surface area contributed by atoms with E-state index < -0.39 is 17.1 Å². The molecule has 0 saturated carbocycles. The molecule has 0 spiro atoms. The van der Waals surface area contributed by atoms with Gasteiger partial charge in [-0.1, -0.05) is 12.1 Å². The molecular formula is C18H15NO4S. The molecule has 0 aromatic heterocycles. The Morgan fingerprint density at radius 1 is 1.08 bits per heavy atom. The highest BCUT2D eigenvalue weighted by molar-refractivity contribution is 7.99. The van der Waals surface area contributed by atoms with Gasteiger partial charge in [-0.05, 0) is 61.7 Å². The number of phenolic OH excluding ortho intramolecular Hbond substituents is 1. The summed E-state index contributed by atoms with van der Waals surface area (Å²) < 4.78 is 1.04. The number of rotatable bonds is 4. The Balaban J connectivity index is 1.79. The number of aromatic hydroxyl groups is 1. The minimum atomic E-state index is -0.615. The van der Waals surface area contributed by atoms with E-state index in [1.807, 2.05) is 0 Å². The standard InChI is InChI=1S/C18H15NO4S/c1-10-9-12(7-8-15(10)20)16(21)11(2)24-19-17(22)13-5-3-4-6-14(13)18(19)23/h3-9,11,20H,1-2H3. The lowest BCUT2D eigenvalue weighted by Gasteiger charge is -2.17. The van der Waals surface area contributed by atoms with Crippen LogP contribution in [0.1, 0.15) is 43.6 Å². The van der Waals surface area contributed by atoms with Gasteiger partial charge in [-0.2, -0.15) is 0 Å². The molecule has 1 aliphatic rings. The van der Waals surface area contributed by atoms with Gasteiger partial charge in [0.1, 0.15) is 5.75 Å². The van der Waals surface area contributed by atoms with Gasteiger partial charge in [0.2, 0.25) is 0 Å². The number of fused-ring (bicyclic) bond motifs is 1. The van der Waals surface area contributed by atoms with Crippen molar-refractivity contribution in [3.8, 4) is 5.75 Å². The largest absolute Gasteiger partial charge is 0.508 e. The normalized spacial score (nSPS) is 14.7. The zero-order valence-electron chi connectivity index (χ0n) is 13.1. The van der Waals surface area contributed by atoms with Crippen molar-refractivity contribution in [3.63, 3.8) is 0 Å². The minimum absolute atomic E-state index is 0.118. The molecule has 1 aliphatic heterocycles. The Morgan fingerprint density at radius 3 is 2.21 bits per heavy atom. The fourth-order valence-corrected chi connectivity index (χ4v) is 3.45. The number of aryl methyl sites for hydroxylation is 1. The van der Waals surface area contributed by atoms with Crippen molar-refractivity contribution >= 4 is 29.5 Å². The van der Waals surface area contributed by atoms with Crippen LogP contribution in [-0.2, 0) is 0 Å². The summed E-state index contributed by atoms with van der Waals surface area (Å²) >= 11 is 0.915. The molecule has 1 heterocycles. The first-order valence-corrected chi connectivity index (χ1v) is 8.22. The maximum Gasteiger partial charge on any atom is 0.271 e. The van der Waals surface area contributed by atoms with E-state index in [2.05, 4.69) is 0 Å². The van der Waals surface area contributed by atoms with Crippen molar-refractivity contribution < 1.29 is 19.5 Å². The topological polar surface area (TPSA) is 74.7 Å². The van der Waals surface area contributed by atoms with Crippen LogP contribution in [0.15, 0.2) is 42.5 Å². The molecule has 6 heteroatoms. The minimum Gasteiger partial charge on any atom is -0.508 e. The summed E-state index contributed by atoms with van der Waals surface area (Å²) in [4.78, 5) is 37.2. The van der Waals surface area contributed by atoms with Crippen molar-refractivity contribution in [1.29, 1.82) is 0 Å². The molecule has 3 rings (SSSR count). The Morgan fingerprint density at radius 2 is 1.67 bits per heavy atom. The monoisotopic (exact) mass is 341 g/mol. The van der Waals surface area contributed by atoms with Crippen molar-refractivity contribution in [1.82, 2.24) is 4.31 Å². The van der Waals surface area contributed by atoms with Crippen LogP contribution >= 0.6 is 11.9 Å². The van der Waals surface area contributed by atoms with Gasteiger partial charge in [0.15, 0.2) is 5.78 Å². The molecule has 2 aromatic carbocycles. The maximum absolute atomic E-state index is 12.5. The number of ketones is 1. The molecule has 2 amide bonds. The number of benzene rings is 2. The number of hydrogen-bond donors (Lipinski definition) is 1. The van der Waals surface area contributed by atoms with Gasteiger partial charge >= 0.3 is 0 Å².